The van der Waals surface area contributed by atoms with Gasteiger partial charge in [0.2, 0.25) is 5.91 Å². The summed E-state index contributed by atoms with van der Waals surface area (Å²) >= 11 is 9.40. The van der Waals surface area contributed by atoms with Crippen LogP contribution < -0.4 is 5.43 Å². The number of nitrogens with zero attached hydrogens (tertiary/aromatic N) is 3. The predicted molar refractivity (Wildman–Crippen MR) is 117 cm³/mol. The fourth-order valence-corrected chi connectivity index (χ4v) is 2.79. The first-order valence-electron chi connectivity index (χ1n) is 8.57. The third kappa shape index (κ3) is 6.23. The molecule has 0 aliphatic heterocycles. The zero-order valence-electron chi connectivity index (χ0n) is 15.1. The number of rotatable bonds is 6. The van der Waals surface area contributed by atoms with E-state index in [2.05, 4.69) is 36.7 Å². The lowest BCUT2D eigenvalue weighted by Crippen LogP contribution is -2.19. The summed E-state index contributed by atoms with van der Waals surface area (Å²) in [6.45, 7) is 0. The predicted octanol–water partition coefficient (Wildman–Crippen LogP) is 5.92. The van der Waals surface area contributed by atoms with E-state index >= 15 is 0 Å². The minimum Gasteiger partial charge on any atom is -0.507 e. The van der Waals surface area contributed by atoms with Gasteiger partial charge in [-0.3, -0.25) is 4.79 Å². The highest BCUT2D eigenvalue weighted by Crippen LogP contribution is 2.27. The Morgan fingerprint density at radius 1 is 1.07 bits per heavy atom. The van der Waals surface area contributed by atoms with Crippen LogP contribution in [0.5, 0.6) is 5.75 Å². The van der Waals surface area contributed by atoms with Gasteiger partial charge in [0.15, 0.2) is 0 Å². The highest BCUT2D eigenvalue weighted by Gasteiger charge is 2.04. The van der Waals surface area contributed by atoms with Gasteiger partial charge in [0, 0.05) is 10.0 Å². The van der Waals surface area contributed by atoms with E-state index in [0.29, 0.717) is 22.0 Å². The minimum atomic E-state index is -0.266. The van der Waals surface area contributed by atoms with Crippen LogP contribution in [0.1, 0.15) is 11.1 Å². The molecule has 3 rings (SSSR count). The largest absolute Gasteiger partial charge is 0.507 e. The Bertz CT molecular complexity index is 1070. The molecule has 3 aromatic rings. The number of hydrogen-bond acceptors (Lipinski definition) is 5. The van der Waals surface area contributed by atoms with E-state index in [-0.39, 0.29) is 18.1 Å². The molecule has 0 fully saturated rings. The van der Waals surface area contributed by atoms with Crippen molar-refractivity contribution < 1.29 is 9.90 Å². The normalized spacial score (nSPS) is 11.2. The molecule has 146 valence electrons. The molecule has 0 radical (unpaired) electrons. The molecule has 2 N–H and O–H groups in total. The summed E-state index contributed by atoms with van der Waals surface area (Å²) in [5, 5.41) is 22.6. The SMILES string of the molecule is O=C(Cc1ccc(Br)cc1)N/N=C/c1cc(N=Nc2ccccc2Cl)ccc1O. The van der Waals surface area contributed by atoms with E-state index in [1.165, 1.54) is 12.3 Å². The number of amides is 1. The van der Waals surface area contributed by atoms with Crippen LogP contribution in [-0.4, -0.2) is 17.2 Å². The maximum Gasteiger partial charge on any atom is 0.244 e. The summed E-state index contributed by atoms with van der Waals surface area (Å²) in [4.78, 5) is 12.0. The fraction of sp³-hybridized carbons (Fsp3) is 0.0476. The van der Waals surface area contributed by atoms with E-state index < -0.39 is 0 Å². The number of carbonyl (C=O) groups is 1. The van der Waals surface area contributed by atoms with Gasteiger partial charge in [0.25, 0.3) is 0 Å². The molecule has 1 amide bonds. The number of nitrogens with one attached hydrogen (secondary N) is 1. The van der Waals surface area contributed by atoms with Gasteiger partial charge in [0.05, 0.1) is 23.3 Å². The molecule has 3 aromatic carbocycles. The maximum absolute atomic E-state index is 12.0. The number of aromatic hydroxyl groups is 1. The molecule has 29 heavy (non-hydrogen) atoms. The van der Waals surface area contributed by atoms with E-state index in [4.69, 9.17) is 11.6 Å². The van der Waals surface area contributed by atoms with Crippen molar-refractivity contribution in [2.24, 2.45) is 15.3 Å². The van der Waals surface area contributed by atoms with Crippen LogP contribution in [0, 0.1) is 0 Å². The second kappa shape index (κ2) is 9.95. The summed E-state index contributed by atoms with van der Waals surface area (Å²) in [5.74, 6) is -0.259. The first-order valence-corrected chi connectivity index (χ1v) is 9.74. The van der Waals surface area contributed by atoms with Crippen molar-refractivity contribution in [2.45, 2.75) is 6.42 Å². The molecular weight excluding hydrogens is 456 g/mol. The number of phenols is 1. The van der Waals surface area contributed by atoms with Crippen LogP contribution in [0.2, 0.25) is 5.02 Å². The number of hydrazone groups is 1. The summed E-state index contributed by atoms with van der Waals surface area (Å²) in [6.07, 6.45) is 1.55. The van der Waals surface area contributed by atoms with Gasteiger partial charge in [0.1, 0.15) is 11.4 Å². The summed E-state index contributed by atoms with van der Waals surface area (Å²) in [7, 11) is 0. The second-order valence-electron chi connectivity index (χ2n) is 5.99. The van der Waals surface area contributed by atoms with E-state index in [0.717, 1.165) is 10.0 Å². The van der Waals surface area contributed by atoms with Crippen molar-refractivity contribution in [2.75, 3.05) is 0 Å². The number of phenolic OH excluding ortho intramolecular Hbond substituents is 1. The second-order valence-corrected chi connectivity index (χ2v) is 7.31. The number of hydrogen-bond donors (Lipinski definition) is 2. The highest BCUT2D eigenvalue weighted by molar-refractivity contribution is 9.10. The lowest BCUT2D eigenvalue weighted by Gasteiger charge is -2.02. The van der Waals surface area contributed by atoms with E-state index in [1.54, 1.807) is 24.3 Å². The minimum absolute atomic E-state index is 0.00704. The topological polar surface area (TPSA) is 86.4 Å². The summed E-state index contributed by atoms with van der Waals surface area (Å²) in [5.41, 5.74) is 4.75. The molecule has 6 nitrogen and oxygen atoms in total. The van der Waals surface area contributed by atoms with E-state index in [9.17, 15) is 9.90 Å². The van der Waals surface area contributed by atoms with Gasteiger partial charge in [-0.25, -0.2) is 5.43 Å². The smallest absolute Gasteiger partial charge is 0.244 e. The monoisotopic (exact) mass is 470 g/mol. The Balaban J connectivity index is 1.64. The van der Waals surface area contributed by atoms with Gasteiger partial charge >= 0.3 is 0 Å². The Morgan fingerprint density at radius 3 is 2.59 bits per heavy atom. The average molecular weight is 472 g/mol. The van der Waals surface area contributed by atoms with Crippen LogP contribution in [0.3, 0.4) is 0 Å². The quantitative estimate of drug-likeness (QED) is 0.266. The number of halogens is 2. The maximum atomic E-state index is 12.0. The van der Waals surface area contributed by atoms with Crippen LogP contribution in [0.15, 0.2) is 86.5 Å². The van der Waals surface area contributed by atoms with Crippen LogP contribution >= 0.6 is 27.5 Å². The van der Waals surface area contributed by atoms with Gasteiger partial charge in [-0.1, -0.05) is 51.8 Å². The third-order valence-electron chi connectivity index (χ3n) is 3.81. The van der Waals surface area contributed by atoms with Gasteiger partial charge in [-0.15, -0.1) is 5.11 Å². The number of azo groups is 1. The molecule has 0 bridgehead atoms. The number of benzene rings is 3. The zero-order chi connectivity index (χ0) is 20.6. The average Bonchev–Trinajstić information content (AvgIpc) is 2.71. The third-order valence-corrected chi connectivity index (χ3v) is 4.66. The molecule has 8 heteroatoms. The van der Waals surface area contributed by atoms with Crippen molar-refractivity contribution in [3.05, 3.63) is 87.4 Å². The summed E-state index contributed by atoms with van der Waals surface area (Å²) < 4.78 is 0.946. The molecular formula is C21H16BrClN4O2. The van der Waals surface area contributed by atoms with Crippen molar-refractivity contribution >= 4 is 51.0 Å². The zero-order valence-corrected chi connectivity index (χ0v) is 17.4. The fourth-order valence-electron chi connectivity index (χ4n) is 2.35. The standard InChI is InChI=1S/C21H16BrClN4O2/c22-16-7-5-14(6-8-16)11-21(29)27-24-13-15-12-17(9-10-20(15)28)25-26-19-4-2-1-3-18(19)23/h1-10,12-13,28H,11H2,(H,27,29)/b24-13+,26-25?. The first-order chi connectivity index (χ1) is 14.0. The lowest BCUT2D eigenvalue weighted by molar-refractivity contribution is -0.120. The Kier molecular flexibility index (Phi) is 7.10. The van der Waals surface area contributed by atoms with Gasteiger partial charge in [-0.05, 0) is 48.0 Å². The van der Waals surface area contributed by atoms with Gasteiger partial charge in [-0.2, -0.15) is 10.2 Å². The van der Waals surface area contributed by atoms with Crippen molar-refractivity contribution in [3.8, 4) is 5.75 Å². The molecule has 0 atom stereocenters. The Labute approximate surface area is 181 Å². The van der Waals surface area contributed by atoms with Crippen LogP contribution in [-0.2, 0) is 11.2 Å². The molecule has 0 unspecified atom stereocenters. The summed E-state index contributed by atoms with van der Waals surface area (Å²) in [6, 6.07) is 19.2. The molecule has 0 aromatic heterocycles. The molecule has 0 heterocycles. The van der Waals surface area contributed by atoms with Crippen molar-refractivity contribution in [1.82, 2.24) is 5.43 Å². The molecule has 0 saturated carbocycles. The van der Waals surface area contributed by atoms with Crippen molar-refractivity contribution in [1.29, 1.82) is 0 Å². The van der Waals surface area contributed by atoms with E-state index in [1.807, 2.05) is 36.4 Å². The Morgan fingerprint density at radius 2 is 1.83 bits per heavy atom. The Hall–Kier alpha value is -3.03. The van der Waals surface area contributed by atoms with Gasteiger partial charge < -0.3 is 5.11 Å². The molecule has 0 aliphatic rings. The van der Waals surface area contributed by atoms with Crippen LogP contribution in [0.25, 0.3) is 0 Å². The van der Waals surface area contributed by atoms with Crippen LogP contribution in [0.4, 0.5) is 11.4 Å². The lowest BCUT2D eigenvalue weighted by atomic mass is 10.1. The first kappa shape index (κ1) is 20.7. The molecule has 0 spiro atoms. The highest BCUT2D eigenvalue weighted by atomic mass is 79.9. The molecule has 0 aliphatic carbocycles. The molecule has 0 saturated heterocycles. The van der Waals surface area contributed by atoms with Crippen molar-refractivity contribution in [3.63, 3.8) is 0 Å². The number of carbonyl (C=O) groups excluding carboxylic acids is 1.